The molecule has 0 amide bonds. The van der Waals surface area contributed by atoms with Crippen LogP contribution in [-0.4, -0.2) is 26.0 Å². The molecule has 1 N–H and O–H groups in total. The van der Waals surface area contributed by atoms with E-state index < -0.39 is 11.9 Å². The second-order valence-corrected chi connectivity index (χ2v) is 4.52. The van der Waals surface area contributed by atoms with E-state index in [0.717, 1.165) is 12.3 Å². The maximum atomic E-state index is 12.8. The highest BCUT2D eigenvalue weighted by molar-refractivity contribution is 5.94. The van der Waals surface area contributed by atoms with E-state index in [2.05, 4.69) is 10.1 Å². The molecule has 0 aliphatic heterocycles. The molecule has 3 aromatic heterocycles. The van der Waals surface area contributed by atoms with Gasteiger partial charge in [0.2, 0.25) is 0 Å². The fraction of sp³-hybridized carbons (Fsp3) is 0.0714. The number of aromatic hydroxyl groups is 1. The number of nitrogens with zero attached hydrogens (tertiary/aromatic N) is 3. The second-order valence-electron chi connectivity index (χ2n) is 4.52. The quantitative estimate of drug-likeness (QED) is 0.739. The molecule has 0 bridgehead atoms. The zero-order valence-corrected chi connectivity index (χ0v) is 10.9. The van der Waals surface area contributed by atoms with Crippen LogP contribution in [-0.2, 0) is 6.18 Å². The van der Waals surface area contributed by atoms with Crippen LogP contribution < -0.4 is 0 Å². The van der Waals surface area contributed by atoms with Crippen LogP contribution in [0.1, 0.15) is 16.2 Å². The summed E-state index contributed by atoms with van der Waals surface area (Å²) in [6, 6.07) is 5.06. The Morgan fingerprint density at radius 1 is 1.23 bits per heavy atom. The minimum Gasteiger partial charge on any atom is -0.506 e. The lowest BCUT2D eigenvalue weighted by Crippen LogP contribution is -2.07. The Bertz CT molecular complexity index is 871. The molecule has 0 spiro atoms. The van der Waals surface area contributed by atoms with Gasteiger partial charge >= 0.3 is 6.18 Å². The second kappa shape index (κ2) is 4.83. The summed E-state index contributed by atoms with van der Waals surface area (Å²) < 4.78 is 39.6. The molecule has 3 rings (SSSR count). The van der Waals surface area contributed by atoms with Crippen molar-refractivity contribution in [2.75, 3.05) is 0 Å². The van der Waals surface area contributed by atoms with Crippen LogP contribution in [0.25, 0.3) is 16.6 Å². The van der Waals surface area contributed by atoms with Crippen LogP contribution in [0, 0.1) is 0 Å². The van der Waals surface area contributed by atoms with Crippen molar-refractivity contribution in [1.82, 2.24) is 14.6 Å². The Hall–Kier alpha value is -2.90. The van der Waals surface area contributed by atoms with Gasteiger partial charge in [0.25, 0.3) is 0 Å². The van der Waals surface area contributed by atoms with Crippen LogP contribution in [0.2, 0.25) is 0 Å². The number of aromatic nitrogens is 3. The molecule has 112 valence electrons. The average Bonchev–Trinajstić information content (AvgIpc) is 2.84. The molecule has 8 heteroatoms. The third-order valence-electron chi connectivity index (χ3n) is 3.09. The number of aldehydes is 1. The number of pyridine rings is 2. The largest absolute Gasteiger partial charge is 0.506 e. The van der Waals surface area contributed by atoms with E-state index in [1.54, 1.807) is 0 Å². The highest BCUT2D eigenvalue weighted by Gasteiger charge is 2.33. The molecule has 3 heterocycles. The first kappa shape index (κ1) is 14.1. The summed E-state index contributed by atoms with van der Waals surface area (Å²) in [4.78, 5) is 14.5. The Labute approximate surface area is 121 Å². The highest BCUT2D eigenvalue weighted by atomic mass is 19.4. The first-order valence-corrected chi connectivity index (χ1v) is 6.10. The molecule has 0 saturated carbocycles. The van der Waals surface area contributed by atoms with E-state index in [1.165, 1.54) is 28.9 Å². The molecule has 0 aliphatic rings. The van der Waals surface area contributed by atoms with Gasteiger partial charge in [-0.15, -0.1) is 0 Å². The van der Waals surface area contributed by atoms with Gasteiger partial charge in [0, 0.05) is 11.8 Å². The average molecular weight is 307 g/mol. The number of hydrogen-bond donors (Lipinski definition) is 1. The Morgan fingerprint density at radius 3 is 2.68 bits per heavy atom. The van der Waals surface area contributed by atoms with Gasteiger partial charge in [0.1, 0.15) is 17.1 Å². The number of carbonyl (C=O) groups excluding carboxylic acids is 1. The minimum absolute atomic E-state index is 0.0232. The summed E-state index contributed by atoms with van der Waals surface area (Å²) in [5, 5.41) is 13.4. The maximum absolute atomic E-state index is 12.8. The van der Waals surface area contributed by atoms with Crippen molar-refractivity contribution in [3.8, 4) is 16.9 Å². The van der Waals surface area contributed by atoms with Crippen LogP contribution in [0.15, 0.2) is 36.7 Å². The van der Waals surface area contributed by atoms with Crippen molar-refractivity contribution in [3.63, 3.8) is 0 Å². The molecule has 0 radical (unpaired) electrons. The Morgan fingerprint density at radius 2 is 2.00 bits per heavy atom. The summed E-state index contributed by atoms with van der Waals surface area (Å²) in [5.74, 6) is -0.0790. The summed E-state index contributed by atoms with van der Waals surface area (Å²) in [7, 11) is 0. The van der Waals surface area contributed by atoms with Gasteiger partial charge in [0.15, 0.2) is 6.29 Å². The number of carbonyl (C=O) groups is 1. The molecule has 0 atom stereocenters. The molecule has 22 heavy (non-hydrogen) atoms. The fourth-order valence-electron chi connectivity index (χ4n) is 2.18. The molecule has 3 aromatic rings. The predicted octanol–water partition coefficient (Wildman–Crippen LogP) is 2.93. The lowest BCUT2D eigenvalue weighted by atomic mass is 10.0. The molecular weight excluding hydrogens is 299 g/mol. The first-order chi connectivity index (χ1) is 10.4. The topological polar surface area (TPSA) is 67.5 Å². The summed E-state index contributed by atoms with van der Waals surface area (Å²) in [6.07, 6.45) is -1.85. The van der Waals surface area contributed by atoms with E-state index in [1.807, 2.05) is 0 Å². The molecule has 0 unspecified atom stereocenters. The van der Waals surface area contributed by atoms with Gasteiger partial charge in [-0.3, -0.25) is 9.78 Å². The van der Waals surface area contributed by atoms with Gasteiger partial charge in [-0.05, 0) is 29.8 Å². The standard InChI is InChI=1S/C14H8F3N3O2/c15-14(16,17)12-5-8(3-4-18-12)13-10(7-21)19-20-6-9(22)1-2-11(13)20/h1-7,22H. The van der Waals surface area contributed by atoms with Crippen LogP contribution >= 0.6 is 0 Å². The van der Waals surface area contributed by atoms with Crippen molar-refractivity contribution < 1.29 is 23.1 Å². The van der Waals surface area contributed by atoms with E-state index >= 15 is 0 Å². The van der Waals surface area contributed by atoms with Crippen molar-refractivity contribution >= 4 is 11.8 Å². The predicted molar refractivity (Wildman–Crippen MR) is 70.5 cm³/mol. The zero-order chi connectivity index (χ0) is 15.9. The zero-order valence-electron chi connectivity index (χ0n) is 10.9. The SMILES string of the molecule is O=Cc1nn2cc(O)ccc2c1-c1ccnc(C(F)(F)F)c1. The van der Waals surface area contributed by atoms with Crippen molar-refractivity contribution in [2.24, 2.45) is 0 Å². The third-order valence-corrected chi connectivity index (χ3v) is 3.09. The van der Waals surface area contributed by atoms with Gasteiger partial charge in [-0.2, -0.15) is 18.3 Å². The Kier molecular flexibility index (Phi) is 3.09. The molecular formula is C14H8F3N3O2. The van der Waals surface area contributed by atoms with Crippen molar-refractivity contribution in [2.45, 2.75) is 6.18 Å². The summed E-state index contributed by atoms with van der Waals surface area (Å²) >= 11 is 0. The molecule has 0 fully saturated rings. The lowest BCUT2D eigenvalue weighted by molar-refractivity contribution is -0.141. The molecule has 0 saturated heterocycles. The maximum Gasteiger partial charge on any atom is 0.433 e. The van der Waals surface area contributed by atoms with Gasteiger partial charge in [-0.1, -0.05) is 0 Å². The smallest absolute Gasteiger partial charge is 0.433 e. The Balaban J connectivity index is 2.28. The van der Waals surface area contributed by atoms with Crippen LogP contribution in [0.5, 0.6) is 5.75 Å². The number of rotatable bonds is 2. The molecule has 0 aliphatic carbocycles. The van der Waals surface area contributed by atoms with Crippen LogP contribution in [0.3, 0.4) is 0 Å². The number of halogens is 3. The minimum atomic E-state index is -4.58. The normalized spacial score (nSPS) is 11.8. The third kappa shape index (κ3) is 2.28. The fourth-order valence-corrected chi connectivity index (χ4v) is 2.18. The monoisotopic (exact) mass is 307 g/mol. The molecule has 5 nitrogen and oxygen atoms in total. The number of fused-ring (bicyclic) bond motifs is 1. The van der Waals surface area contributed by atoms with E-state index in [9.17, 15) is 23.1 Å². The highest BCUT2D eigenvalue weighted by Crippen LogP contribution is 2.33. The van der Waals surface area contributed by atoms with E-state index in [0.29, 0.717) is 11.8 Å². The van der Waals surface area contributed by atoms with Crippen molar-refractivity contribution in [3.05, 3.63) is 48.0 Å². The number of hydrogen-bond acceptors (Lipinski definition) is 4. The van der Waals surface area contributed by atoms with Crippen LogP contribution in [0.4, 0.5) is 13.2 Å². The molecule has 0 aromatic carbocycles. The van der Waals surface area contributed by atoms with E-state index in [4.69, 9.17) is 0 Å². The van der Waals surface area contributed by atoms with E-state index in [-0.39, 0.29) is 22.6 Å². The van der Waals surface area contributed by atoms with Gasteiger partial charge < -0.3 is 5.11 Å². The lowest BCUT2D eigenvalue weighted by Gasteiger charge is -2.07. The summed E-state index contributed by atoms with van der Waals surface area (Å²) in [5.41, 5.74) is -0.253. The van der Waals surface area contributed by atoms with Gasteiger partial charge in [-0.25, -0.2) is 4.52 Å². The summed E-state index contributed by atoms with van der Waals surface area (Å²) in [6.45, 7) is 0. The van der Waals surface area contributed by atoms with Crippen molar-refractivity contribution in [1.29, 1.82) is 0 Å². The van der Waals surface area contributed by atoms with Gasteiger partial charge in [0.05, 0.1) is 11.7 Å². The first-order valence-electron chi connectivity index (χ1n) is 6.10. The number of alkyl halides is 3.